The summed E-state index contributed by atoms with van der Waals surface area (Å²) in [4.78, 5) is 22.2. The number of nitrogens with zero attached hydrogens (tertiary/aromatic N) is 4. The van der Waals surface area contributed by atoms with Crippen molar-refractivity contribution in [3.8, 4) is 5.88 Å². The van der Waals surface area contributed by atoms with Crippen molar-refractivity contribution in [1.29, 1.82) is 0 Å². The first kappa shape index (κ1) is 24.3. The number of likely N-dealkylation sites (tertiary alicyclic amines) is 1. The molecule has 2 aromatic heterocycles. The molecule has 3 heterocycles. The number of nitrogens with two attached hydrogens (primary N) is 2. The number of ether oxygens (including phenoxy) is 1. The fourth-order valence-corrected chi connectivity index (χ4v) is 4.80. The minimum atomic E-state index is 0.0798. The van der Waals surface area contributed by atoms with Crippen LogP contribution in [-0.2, 0) is 20.1 Å². The SMILES string of the molecule is COc1cc(CN(Cc2cn(C)c3ccccc3c2=O)C2CCCN(/C(N)=C/C=C\N)C2)ccn1. The number of hydrogen-bond acceptors (Lipinski definition) is 7. The topological polar surface area (TPSA) is 103 Å². The summed E-state index contributed by atoms with van der Waals surface area (Å²) >= 11 is 0. The maximum absolute atomic E-state index is 13.4. The quantitative estimate of drug-likeness (QED) is 0.484. The zero-order chi connectivity index (χ0) is 24.8. The average Bonchev–Trinajstić information content (AvgIpc) is 2.90. The molecule has 1 saturated heterocycles. The number of allylic oxidation sites excluding steroid dienone is 2. The molecule has 1 unspecified atom stereocenters. The lowest BCUT2D eigenvalue weighted by molar-refractivity contribution is 0.101. The number of aryl methyl sites for hydroxylation is 1. The van der Waals surface area contributed by atoms with E-state index in [0.29, 0.717) is 24.8 Å². The van der Waals surface area contributed by atoms with Crippen molar-refractivity contribution in [3.63, 3.8) is 0 Å². The second-order valence-electron chi connectivity index (χ2n) is 8.94. The van der Waals surface area contributed by atoms with Gasteiger partial charge in [0.2, 0.25) is 5.88 Å². The van der Waals surface area contributed by atoms with E-state index in [0.717, 1.165) is 48.0 Å². The van der Waals surface area contributed by atoms with Crippen LogP contribution in [0.2, 0.25) is 0 Å². The predicted octanol–water partition coefficient (Wildman–Crippen LogP) is 2.68. The average molecular weight is 475 g/mol. The number of methoxy groups -OCH3 is 1. The van der Waals surface area contributed by atoms with E-state index in [1.165, 1.54) is 6.20 Å². The van der Waals surface area contributed by atoms with Gasteiger partial charge >= 0.3 is 0 Å². The maximum Gasteiger partial charge on any atom is 0.213 e. The van der Waals surface area contributed by atoms with E-state index in [4.69, 9.17) is 16.2 Å². The van der Waals surface area contributed by atoms with E-state index < -0.39 is 0 Å². The fourth-order valence-electron chi connectivity index (χ4n) is 4.80. The van der Waals surface area contributed by atoms with Crippen LogP contribution in [0.3, 0.4) is 0 Å². The molecule has 8 nitrogen and oxygen atoms in total. The Morgan fingerprint density at radius 3 is 2.91 bits per heavy atom. The van der Waals surface area contributed by atoms with Crippen molar-refractivity contribution in [3.05, 3.63) is 94.3 Å². The molecule has 1 aliphatic heterocycles. The zero-order valence-electron chi connectivity index (χ0n) is 20.4. The van der Waals surface area contributed by atoms with Crippen LogP contribution in [0.1, 0.15) is 24.0 Å². The standard InChI is InChI=1S/C27H34N6O2/c1-31-17-21(27(34)23-8-3-4-9-24(23)31)18-33(16-20-11-13-30-26(15-20)35-2)22-7-6-14-32(19-22)25(29)10-5-12-28/h3-5,8-13,15,17,22H,6-7,14,16,18-19,28-29H2,1-2H3/b12-5-,25-10+. The Morgan fingerprint density at radius 2 is 2.11 bits per heavy atom. The summed E-state index contributed by atoms with van der Waals surface area (Å²) in [6.45, 7) is 2.87. The van der Waals surface area contributed by atoms with Gasteiger partial charge in [0, 0.05) is 68.7 Å². The summed E-state index contributed by atoms with van der Waals surface area (Å²) in [6.07, 6.45) is 10.8. The third-order valence-electron chi connectivity index (χ3n) is 6.59. The van der Waals surface area contributed by atoms with Gasteiger partial charge in [-0.15, -0.1) is 0 Å². The summed E-state index contributed by atoms with van der Waals surface area (Å²) in [6, 6.07) is 11.9. The predicted molar refractivity (Wildman–Crippen MR) is 139 cm³/mol. The Kier molecular flexibility index (Phi) is 7.72. The van der Waals surface area contributed by atoms with Crippen molar-refractivity contribution >= 4 is 10.9 Å². The molecular weight excluding hydrogens is 440 g/mol. The molecule has 0 amide bonds. The molecule has 184 valence electrons. The molecule has 0 spiro atoms. The Bertz CT molecular complexity index is 1280. The van der Waals surface area contributed by atoms with E-state index in [9.17, 15) is 4.79 Å². The monoisotopic (exact) mass is 474 g/mol. The van der Waals surface area contributed by atoms with E-state index in [1.807, 2.05) is 60.3 Å². The lowest BCUT2D eigenvalue weighted by Gasteiger charge is -2.40. The van der Waals surface area contributed by atoms with Gasteiger partial charge in [0.1, 0.15) is 0 Å². The molecule has 35 heavy (non-hydrogen) atoms. The van der Waals surface area contributed by atoms with Crippen LogP contribution in [0.4, 0.5) is 0 Å². The summed E-state index contributed by atoms with van der Waals surface area (Å²) in [5.74, 6) is 1.28. The van der Waals surface area contributed by atoms with Gasteiger partial charge in [-0.3, -0.25) is 9.69 Å². The molecule has 1 aliphatic rings. The molecule has 0 radical (unpaired) electrons. The van der Waals surface area contributed by atoms with Gasteiger partial charge in [0.25, 0.3) is 0 Å². The third kappa shape index (κ3) is 5.66. The number of rotatable bonds is 8. The van der Waals surface area contributed by atoms with Crippen LogP contribution in [0, 0.1) is 0 Å². The molecular formula is C27H34N6O2. The molecule has 1 aromatic carbocycles. The second-order valence-corrected chi connectivity index (χ2v) is 8.94. The highest BCUT2D eigenvalue weighted by atomic mass is 16.5. The smallest absolute Gasteiger partial charge is 0.213 e. The summed E-state index contributed by atoms with van der Waals surface area (Å²) < 4.78 is 7.37. The van der Waals surface area contributed by atoms with Crippen LogP contribution in [0.25, 0.3) is 10.9 Å². The third-order valence-corrected chi connectivity index (χ3v) is 6.59. The number of aromatic nitrogens is 2. The minimum absolute atomic E-state index is 0.0798. The minimum Gasteiger partial charge on any atom is -0.481 e. The van der Waals surface area contributed by atoms with E-state index >= 15 is 0 Å². The van der Waals surface area contributed by atoms with E-state index in [-0.39, 0.29) is 11.5 Å². The van der Waals surface area contributed by atoms with E-state index in [2.05, 4.69) is 14.8 Å². The highest BCUT2D eigenvalue weighted by Crippen LogP contribution is 2.23. The Hall–Kier alpha value is -3.78. The van der Waals surface area contributed by atoms with Gasteiger partial charge in [-0.25, -0.2) is 4.98 Å². The first-order chi connectivity index (χ1) is 17.0. The number of piperidine rings is 1. The van der Waals surface area contributed by atoms with Crippen molar-refractivity contribution in [2.75, 3.05) is 20.2 Å². The number of hydrogen-bond donors (Lipinski definition) is 2. The summed E-state index contributed by atoms with van der Waals surface area (Å²) in [5, 5.41) is 0.740. The fraction of sp³-hybridized carbons (Fsp3) is 0.333. The van der Waals surface area contributed by atoms with Crippen molar-refractivity contribution < 1.29 is 4.74 Å². The van der Waals surface area contributed by atoms with Crippen LogP contribution >= 0.6 is 0 Å². The van der Waals surface area contributed by atoms with Crippen LogP contribution < -0.4 is 21.6 Å². The first-order valence-electron chi connectivity index (χ1n) is 11.9. The van der Waals surface area contributed by atoms with Crippen LogP contribution in [-0.4, -0.2) is 45.6 Å². The summed E-state index contributed by atoms with van der Waals surface area (Å²) in [5.41, 5.74) is 14.7. The lowest BCUT2D eigenvalue weighted by Crippen LogP contribution is -2.48. The Balaban J connectivity index is 1.67. The molecule has 1 fully saturated rings. The van der Waals surface area contributed by atoms with E-state index in [1.54, 1.807) is 19.4 Å². The molecule has 8 heteroatoms. The lowest BCUT2D eigenvalue weighted by atomic mass is 10.0. The molecule has 1 atom stereocenters. The highest BCUT2D eigenvalue weighted by Gasteiger charge is 2.27. The number of fused-ring (bicyclic) bond motifs is 1. The zero-order valence-corrected chi connectivity index (χ0v) is 20.4. The molecule has 4 rings (SSSR count). The largest absolute Gasteiger partial charge is 0.481 e. The van der Waals surface area contributed by atoms with Crippen molar-refractivity contribution in [1.82, 2.24) is 19.4 Å². The van der Waals surface area contributed by atoms with Gasteiger partial charge in [-0.1, -0.05) is 12.1 Å². The van der Waals surface area contributed by atoms with Gasteiger partial charge in [0.15, 0.2) is 5.43 Å². The van der Waals surface area contributed by atoms with Crippen LogP contribution in [0.5, 0.6) is 5.88 Å². The first-order valence-corrected chi connectivity index (χ1v) is 11.9. The Labute approximate surface area is 206 Å². The number of benzene rings is 1. The van der Waals surface area contributed by atoms with Crippen LogP contribution in [0.15, 0.2) is 77.8 Å². The van der Waals surface area contributed by atoms with Gasteiger partial charge in [0.05, 0.1) is 18.4 Å². The normalized spacial score (nSPS) is 16.9. The molecule has 4 N–H and O–H groups in total. The van der Waals surface area contributed by atoms with Crippen molar-refractivity contribution in [2.45, 2.75) is 32.0 Å². The summed E-state index contributed by atoms with van der Waals surface area (Å²) in [7, 11) is 3.61. The molecule has 3 aromatic rings. The van der Waals surface area contributed by atoms with Gasteiger partial charge in [-0.2, -0.15) is 0 Å². The highest BCUT2D eigenvalue weighted by molar-refractivity contribution is 5.79. The number of para-hydroxylation sites is 1. The number of pyridine rings is 2. The van der Waals surface area contributed by atoms with Crippen molar-refractivity contribution in [2.24, 2.45) is 18.5 Å². The Morgan fingerprint density at radius 1 is 1.29 bits per heavy atom. The van der Waals surface area contributed by atoms with Gasteiger partial charge in [-0.05, 0) is 55.0 Å². The maximum atomic E-state index is 13.4. The van der Waals surface area contributed by atoms with Gasteiger partial charge < -0.3 is 25.7 Å². The molecule has 0 saturated carbocycles. The molecule has 0 aliphatic carbocycles. The molecule has 0 bridgehead atoms. The second kappa shape index (κ2) is 11.1.